The number of esters is 1. The molecule has 0 aliphatic rings. The van der Waals surface area contributed by atoms with Gasteiger partial charge in [-0.2, -0.15) is 0 Å². The number of rotatable bonds is 5. The Kier molecular flexibility index (Phi) is 5.77. The molecule has 0 amide bonds. The highest BCUT2D eigenvalue weighted by atomic mass is 16.7. The summed E-state index contributed by atoms with van der Waals surface area (Å²) in [6, 6.07) is 0. The largest absolute Gasteiger partial charge is 0.438 e. The maximum absolute atomic E-state index is 11.3. The van der Waals surface area contributed by atoms with Gasteiger partial charge >= 0.3 is 5.97 Å². The van der Waals surface area contributed by atoms with Crippen molar-refractivity contribution in [2.75, 3.05) is 6.79 Å². The van der Waals surface area contributed by atoms with Gasteiger partial charge in [0.2, 0.25) is 0 Å². The van der Waals surface area contributed by atoms with Crippen LogP contribution in [0.15, 0.2) is 0 Å². The Morgan fingerprint density at radius 2 is 1.71 bits per heavy atom. The molecule has 0 atom stereocenters. The molecule has 0 rings (SSSR count). The van der Waals surface area contributed by atoms with Crippen LogP contribution < -0.4 is 0 Å². The van der Waals surface area contributed by atoms with E-state index in [1.807, 2.05) is 20.8 Å². The lowest BCUT2D eigenvalue weighted by atomic mass is 9.98. The lowest BCUT2D eigenvalue weighted by molar-refractivity contribution is -0.170. The molecule has 0 unspecified atom stereocenters. The van der Waals surface area contributed by atoms with Gasteiger partial charge in [-0.15, -0.1) is 0 Å². The summed E-state index contributed by atoms with van der Waals surface area (Å²) in [7, 11) is 0. The van der Waals surface area contributed by atoms with Crippen molar-refractivity contribution >= 4 is 5.97 Å². The second-order valence-corrected chi connectivity index (χ2v) is 4.40. The first-order valence-corrected chi connectivity index (χ1v) is 5.20. The Morgan fingerprint density at radius 1 is 1.21 bits per heavy atom. The molecule has 0 aromatic heterocycles. The van der Waals surface area contributed by atoms with E-state index in [2.05, 4.69) is 13.8 Å². The quantitative estimate of drug-likeness (QED) is 0.508. The Morgan fingerprint density at radius 3 is 2.07 bits per heavy atom. The van der Waals surface area contributed by atoms with Gasteiger partial charge < -0.3 is 9.47 Å². The van der Waals surface area contributed by atoms with Gasteiger partial charge in [0, 0.05) is 0 Å². The molecule has 0 radical (unpaired) electrons. The van der Waals surface area contributed by atoms with Crippen LogP contribution in [0, 0.1) is 5.41 Å². The average Bonchev–Trinajstić information content (AvgIpc) is 2.10. The third-order valence-electron chi connectivity index (χ3n) is 2.02. The summed E-state index contributed by atoms with van der Waals surface area (Å²) in [4.78, 5) is 11.3. The molecule has 14 heavy (non-hydrogen) atoms. The van der Waals surface area contributed by atoms with Crippen molar-refractivity contribution in [3.05, 3.63) is 0 Å². The zero-order chi connectivity index (χ0) is 11.2. The van der Waals surface area contributed by atoms with E-state index in [0.29, 0.717) is 0 Å². The van der Waals surface area contributed by atoms with Gasteiger partial charge in [-0.3, -0.25) is 4.79 Å². The van der Waals surface area contributed by atoms with Crippen LogP contribution in [-0.4, -0.2) is 18.9 Å². The summed E-state index contributed by atoms with van der Waals surface area (Å²) in [5.74, 6) is -0.219. The lowest BCUT2D eigenvalue weighted by Gasteiger charge is -2.18. The average molecular weight is 202 g/mol. The third-order valence-corrected chi connectivity index (χ3v) is 2.02. The minimum absolute atomic E-state index is 0.0719. The van der Waals surface area contributed by atoms with Crippen molar-refractivity contribution in [2.24, 2.45) is 5.41 Å². The summed E-state index contributed by atoms with van der Waals surface area (Å²) in [5.41, 5.74) is -0.447. The molecule has 0 spiro atoms. The van der Waals surface area contributed by atoms with Crippen molar-refractivity contribution in [1.82, 2.24) is 0 Å². The minimum atomic E-state index is -0.447. The van der Waals surface area contributed by atoms with E-state index in [4.69, 9.17) is 9.47 Å². The molecule has 0 heterocycles. The van der Waals surface area contributed by atoms with E-state index < -0.39 is 5.41 Å². The summed E-state index contributed by atoms with van der Waals surface area (Å²) in [5, 5.41) is 0. The van der Waals surface area contributed by atoms with E-state index in [9.17, 15) is 4.79 Å². The van der Waals surface area contributed by atoms with E-state index >= 15 is 0 Å². The molecule has 3 nitrogen and oxygen atoms in total. The van der Waals surface area contributed by atoms with Crippen LogP contribution in [-0.2, 0) is 14.3 Å². The van der Waals surface area contributed by atoms with Crippen LogP contribution in [0.4, 0.5) is 0 Å². The topological polar surface area (TPSA) is 35.5 Å². The summed E-state index contributed by atoms with van der Waals surface area (Å²) >= 11 is 0. The maximum atomic E-state index is 11.3. The zero-order valence-electron chi connectivity index (χ0n) is 9.92. The molecule has 0 saturated heterocycles. The van der Waals surface area contributed by atoms with Crippen molar-refractivity contribution < 1.29 is 14.3 Å². The van der Waals surface area contributed by atoms with Crippen molar-refractivity contribution in [2.45, 2.75) is 53.6 Å². The lowest BCUT2D eigenvalue weighted by Crippen LogP contribution is -2.25. The van der Waals surface area contributed by atoms with Crippen LogP contribution in [0.3, 0.4) is 0 Å². The van der Waals surface area contributed by atoms with Crippen molar-refractivity contribution in [3.8, 4) is 0 Å². The highest BCUT2D eigenvalue weighted by Gasteiger charge is 2.23. The van der Waals surface area contributed by atoms with Gasteiger partial charge in [0.05, 0.1) is 11.5 Å². The number of carbonyl (C=O) groups is 1. The number of hydrogen-bond donors (Lipinski definition) is 0. The SMILES string of the molecule is CCC(CC)OCOC(=O)C(C)(C)C. The monoisotopic (exact) mass is 202 g/mol. The fourth-order valence-electron chi connectivity index (χ4n) is 0.925. The Balaban J connectivity index is 3.69. The molecule has 84 valence electrons. The standard InChI is InChI=1S/C11H22O3/c1-6-9(7-2)13-8-14-10(12)11(3,4)5/h9H,6-8H2,1-5H3. The normalized spacial score (nSPS) is 11.9. The summed E-state index contributed by atoms with van der Waals surface area (Å²) in [6.45, 7) is 9.66. The predicted octanol–water partition coefficient (Wildman–Crippen LogP) is 2.74. The first-order valence-electron chi connectivity index (χ1n) is 5.20. The Bertz CT molecular complexity index is 166. The van der Waals surface area contributed by atoms with E-state index in [1.165, 1.54) is 0 Å². The molecule has 0 N–H and O–H groups in total. The van der Waals surface area contributed by atoms with Gasteiger partial charge in [-0.05, 0) is 33.6 Å². The summed E-state index contributed by atoms with van der Waals surface area (Å²) in [6.07, 6.45) is 2.09. The van der Waals surface area contributed by atoms with Crippen LogP contribution in [0.1, 0.15) is 47.5 Å². The second-order valence-electron chi connectivity index (χ2n) is 4.40. The summed E-state index contributed by atoms with van der Waals surface area (Å²) < 4.78 is 10.3. The highest BCUT2D eigenvalue weighted by Crippen LogP contribution is 2.15. The van der Waals surface area contributed by atoms with E-state index in [1.54, 1.807) is 0 Å². The third kappa shape index (κ3) is 5.22. The number of ether oxygens (including phenoxy) is 2. The highest BCUT2D eigenvalue weighted by molar-refractivity contribution is 5.75. The molecule has 0 aliphatic carbocycles. The molecule has 0 aromatic rings. The minimum Gasteiger partial charge on any atom is -0.438 e. The van der Waals surface area contributed by atoms with E-state index in [0.717, 1.165) is 12.8 Å². The van der Waals surface area contributed by atoms with Gasteiger partial charge in [0.15, 0.2) is 6.79 Å². The van der Waals surface area contributed by atoms with Crippen molar-refractivity contribution in [3.63, 3.8) is 0 Å². The van der Waals surface area contributed by atoms with Gasteiger partial charge in [0.25, 0.3) is 0 Å². The second kappa shape index (κ2) is 6.02. The fraction of sp³-hybridized carbons (Fsp3) is 0.909. The molecule has 0 bridgehead atoms. The molecule has 0 aliphatic heterocycles. The first kappa shape index (κ1) is 13.4. The number of carbonyl (C=O) groups excluding carboxylic acids is 1. The molecular weight excluding hydrogens is 180 g/mol. The van der Waals surface area contributed by atoms with Gasteiger partial charge in [0.1, 0.15) is 0 Å². The molecule has 0 fully saturated rings. The predicted molar refractivity (Wildman–Crippen MR) is 55.9 cm³/mol. The smallest absolute Gasteiger partial charge is 0.313 e. The first-order chi connectivity index (χ1) is 6.41. The van der Waals surface area contributed by atoms with E-state index in [-0.39, 0.29) is 18.9 Å². The van der Waals surface area contributed by atoms with Crippen LogP contribution in [0.25, 0.3) is 0 Å². The van der Waals surface area contributed by atoms with Gasteiger partial charge in [-0.25, -0.2) is 0 Å². The van der Waals surface area contributed by atoms with Crippen LogP contribution in [0.5, 0.6) is 0 Å². The molecule has 0 saturated carbocycles. The van der Waals surface area contributed by atoms with Gasteiger partial charge in [-0.1, -0.05) is 13.8 Å². The maximum Gasteiger partial charge on any atom is 0.313 e. The van der Waals surface area contributed by atoms with Crippen LogP contribution >= 0.6 is 0 Å². The van der Waals surface area contributed by atoms with Crippen molar-refractivity contribution in [1.29, 1.82) is 0 Å². The molecular formula is C11H22O3. The fourth-order valence-corrected chi connectivity index (χ4v) is 0.925. The number of hydrogen-bond acceptors (Lipinski definition) is 3. The Labute approximate surface area is 86.8 Å². The molecule has 0 aromatic carbocycles. The zero-order valence-corrected chi connectivity index (χ0v) is 9.92. The Hall–Kier alpha value is -0.570. The van der Waals surface area contributed by atoms with Crippen LogP contribution in [0.2, 0.25) is 0 Å². The molecule has 3 heteroatoms.